The summed E-state index contributed by atoms with van der Waals surface area (Å²) in [6.07, 6.45) is 0.428. The van der Waals surface area contributed by atoms with Crippen LogP contribution in [-0.2, 0) is 0 Å². The number of phenols is 1. The topological polar surface area (TPSA) is 46.5 Å². The summed E-state index contributed by atoms with van der Waals surface area (Å²) in [4.78, 5) is 11.5. The summed E-state index contributed by atoms with van der Waals surface area (Å²) >= 11 is 0. The first-order valence-electron chi connectivity index (χ1n) is 5.07. The van der Waals surface area contributed by atoms with Crippen LogP contribution in [0.15, 0.2) is 18.2 Å². The average molecular weight is 208 g/mol. The second-order valence-corrected chi connectivity index (χ2v) is 3.62. The molecule has 0 aliphatic carbocycles. The summed E-state index contributed by atoms with van der Waals surface area (Å²) in [7, 11) is 0. The molecule has 0 saturated heterocycles. The molecule has 3 nitrogen and oxygen atoms in total. The highest BCUT2D eigenvalue weighted by molar-refractivity contribution is 5.98. The van der Waals surface area contributed by atoms with Gasteiger partial charge in [-0.15, -0.1) is 0 Å². The third kappa shape index (κ3) is 2.98. The largest absolute Gasteiger partial charge is 0.507 e. The van der Waals surface area contributed by atoms with Gasteiger partial charge in [-0.2, -0.15) is 0 Å². The number of hydrogen-bond acceptors (Lipinski definition) is 3. The number of benzene rings is 1. The van der Waals surface area contributed by atoms with E-state index in [0.717, 1.165) is 0 Å². The van der Waals surface area contributed by atoms with Crippen molar-refractivity contribution in [2.24, 2.45) is 0 Å². The van der Waals surface area contributed by atoms with E-state index in [1.54, 1.807) is 19.1 Å². The van der Waals surface area contributed by atoms with Crippen LogP contribution in [0.2, 0.25) is 0 Å². The van der Waals surface area contributed by atoms with Crippen molar-refractivity contribution in [3.63, 3.8) is 0 Å². The first-order chi connectivity index (χ1) is 7.04. The third-order valence-corrected chi connectivity index (χ3v) is 1.96. The zero-order valence-corrected chi connectivity index (χ0v) is 9.28. The normalized spacial score (nSPS) is 10.4. The van der Waals surface area contributed by atoms with Crippen LogP contribution in [0.3, 0.4) is 0 Å². The minimum absolute atomic E-state index is 0.0120. The first kappa shape index (κ1) is 11.6. The Morgan fingerprint density at radius 2 is 2.13 bits per heavy atom. The van der Waals surface area contributed by atoms with Crippen molar-refractivity contribution in [2.45, 2.75) is 33.3 Å². The first-order valence-corrected chi connectivity index (χ1v) is 5.07. The number of carbonyl (C=O) groups excluding carboxylic acids is 1. The van der Waals surface area contributed by atoms with Gasteiger partial charge in [0.1, 0.15) is 11.5 Å². The van der Waals surface area contributed by atoms with Crippen LogP contribution in [0, 0.1) is 0 Å². The lowest BCUT2D eigenvalue weighted by molar-refractivity contribution is 0.0985. The highest BCUT2D eigenvalue weighted by Crippen LogP contribution is 2.24. The van der Waals surface area contributed by atoms with E-state index in [1.807, 2.05) is 13.8 Å². The molecule has 0 bridgehead atoms. The van der Waals surface area contributed by atoms with Crippen molar-refractivity contribution in [1.82, 2.24) is 0 Å². The molecule has 1 rings (SSSR count). The van der Waals surface area contributed by atoms with Crippen molar-refractivity contribution < 1.29 is 14.6 Å². The van der Waals surface area contributed by atoms with Crippen molar-refractivity contribution in [3.8, 4) is 11.5 Å². The molecule has 0 radical (unpaired) electrons. The van der Waals surface area contributed by atoms with Gasteiger partial charge in [0.15, 0.2) is 5.78 Å². The summed E-state index contributed by atoms with van der Waals surface area (Å²) in [5.74, 6) is 0.541. The van der Waals surface area contributed by atoms with E-state index in [1.165, 1.54) is 6.07 Å². The Morgan fingerprint density at radius 1 is 1.47 bits per heavy atom. The molecule has 0 amide bonds. The van der Waals surface area contributed by atoms with Crippen LogP contribution in [0.4, 0.5) is 0 Å². The standard InChI is InChI=1S/C12H16O3/c1-4-11(13)10-7-9(15-8(2)3)5-6-12(10)14/h5-8,14H,4H2,1-3H3. The van der Waals surface area contributed by atoms with E-state index in [-0.39, 0.29) is 17.6 Å². The zero-order valence-electron chi connectivity index (χ0n) is 9.28. The van der Waals surface area contributed by atoms with E-state index < -0.39 is 0 Å². The highest BCUT2D eigenvalue weighted by atomic mass is 16.5. The fraction of sp³-hybridized carbons (Fsp3) is 0.417. The van der Waals surface area contributed by atoms with Gasteiger partial charge in [0, 0.05) is 6.42 Å². The van der Waals surface area contributed by atoms with Crippen molar-refractivity contribution in [2.75, 3.05) is 0 Å². The van der Waals surface area contributed by atoms with E-state index in [0.29, 0.717) is 17.7 Å². The molecule has 0 fully saturated rings. The second kappa shape index (κ2) is 4.82. The number of ether oxygens (including phenoxy) is 1. The van der Waals surface area contributed by atoms with Crippen molar-refractivity contribution in [1.29, 1.82) is 0 Å². The molecule has 0 unspecified atom stereocenters. The Balaban J connectivity index is 3.00. The maximum atomic E-state index is 11.5. The number of Topliss-reactive ketones (excluding diaryl/α,β-unsaturated/α-hetero) is 1. The van der Waals surface area contributed by atoms with E-state index in [2.05, 4.69) is 0 Å². The lowest BCUT2D eigenvalue weighted by atomic mass is 10.1. The van der Waals surface area contributed by atoms with Gasteiger partial charge in [0.05, 0.1) is 11.7 Å². The lowest BCUT2D eigenvalue weighted by Crippen LogP contribution is -2.06. The van der Waals surface area contributed by atoms with Crippen LogP contribution in [0.1, 0.15) is 37.6 Å². The van der Waals surface area contributed by atoms with Gasteiger partial charge in [0.2, 0.25) is 0 Å². The van der Waals surface area contributed by atoms with Gasteiger partial charge < -0.3 is 9.84 Å². The molecule has 0 aliphatic rings. The van der Waals surface area contributed by atoms with Crippen molar-refractivity contribution >= 4 is 5.78 Å². The number of carbonyl (C=O) groups is 1. The SMILES string of the molecule is CCC(=O)c1cc(OC(C)C)ccc1O. The molecule has 0 atom stereocenters. The molecule has 0 spiro atoms. The van der Waals surface area contributed by atoms with Gasteiger partial charge in [-0.05, 0) is 32.0 Å². The summed E-state index contributed by atoms with van der Waals surface area (Å²) in [6.45, 7) is 5.58. The van der Waals surface area contributed by atoms with Crippen LogP contribution in [0.25, 0.3) is 0 Å². The molecule has 0 heterocycles. The molecule has 0 aliphatic heterocycles. The summed E-state index contributed by atoms with van der Waals surface area (Å²) < 4.78 is 5.44. The molecule has 0 saturated carbocycles. The molecule has 0 aromatic heterocycles. The van der Waals surface area contributed by atoms with Gasteiger partial charge >= 0.3 is 0 Å². The molecule has 1 aromatic carbocycles. The Kier molecular flexibility index (Phi) is 3.72. The second-order valence-electron chi connectivity index (χ2n) is 3.62. The quantitative estimate of drug-likeness (QED) is 0.774. The Bertz CT molecular complexity index is 356. The molecular formula is C12H16O3. The number of phenolic OH excluding ortho intramolecular Hbond substituents is 1. The van der Waals surface area contributed by atoms with Gasteiger partial charge in [-0.3, -0.25) is 4.79 Å². The molecule has 1 aromatic rings. The van der Waals surface area contributed by atoms with Crippen LogP contribution < -0.4 is 4.74 Å². The molecule has 3 heteroatoms. The van der Waals surface area contributed by atoms with E-state index in [9.17, 15) is 9.90 Å². The van der Waals surface area contributed by atoms with E-state index in [4.69, 9.17) is 4.74 Å². The molecular weight excluding hydrogens is 192 g/mol. The Morgan fingerprint density at radius 3 is 2.67 bits per heavy atom. The van der Waals surface area contributed by atoms with Gasteiger partial charge in [0.25, 0.3) is 0 Å². The molecule has 15 heavy (non-hydrogen) atoms. The van der Waals surface area contributed by atoms with Crippen LogP contribution in [0.5, 0.6) is 11.5 Å². The maximum Gasteiger partial charge on any atom is 0.166 e. The summed E-state index contributed by atoms with van der Waals surface area (Å²) in [5, 5.41) is 9.49. The molecule has 1 N–H and O–H groups in total. The summed E-state index contributed by atoms with van der Waals surface area (Å²) in [5.41, 5.74) is 0.329. The fourth-order valence-corrected chi connectivity index (χ4v) is 1.27. The Hall–Kier alpha value is -1.51. The Labute approximate surface area is 89.7 Å². The maximum absolute atomic E-state index is 11.5. The predicted octanol–water partition coefficient (Wildman–Crippen LogP) is 2.77. The number of aromatic hydroxyl groups is 1. The average Bonchev–Trinajstić information content (AvgIpc) is 2.19. The monoisotopic (exact) mass is 208 g/mol. The number of hydrogen-bond donors (Lipinski definition) is 1. The fourth-order valence-electron chi connectivity index (χ4n) is 1.27. The van der Waals surface area contributed by atoms with E-state index >= 15 is 0 Å². The number of rotatable bonds is 4. The number of ketones is 1. The van der Waals surface area contributed by atoms with Crippen molar-refractivity contribution in [3.05, 3.63) is 23.8 Å². The lowest BCUT2D eigenvalue weighted by Gasteiger charge is -2.11. The third-order valence-electron chi connectivity index (χ3n) is 1.96. The van der Waals surface area contributed by atoms with Crippen LogP contribution in [-0.4, -0.2) is 17.0 Å². The predicted molar refractivity (Wildman–Crippen MR) is 58.5 cm³/mol. The van der Waals surface area contributed by atoms with Crippen LogP contribution >= 0.6 is 0 Å². The summed E-state index contributed by atoms with van der Waals surface area (Å²) in [6, 6.07) is 4.73. The highest BCUT2D eigenvalue weighted by Gasteiger charge is 2.10. The zero-order chi connectivity index (χ0) is 11.4. The smallest absolute Gasteiger partial charge is 0.166 e. The van der Waals surface area contributed by atoms with Gasteiger partial charge in [-0.1, -0.05) is 6.92 Å². The van der Waals surface area contributed by atoms with Gasteiger partial charge in [-0.25, -0.2) is 0 Å². The minimum atomic E-state index is -0.0818. The molecule has 82 valence electrons. The minimum Gasteiger partial charge on any atom is -0.507 e.